The number of rotatable bonds is 8. The van der Waals surface area contributed by atoms with Crippen molar-refractivity contribution in [3.8, 4) is 17.1 Å². The fourth-order valence-electron chi connectivity index (χ4n) is 4.09. The number of benzene rings is 1. The molecule has 0 saturated carbocycles. The summed E-state index contributed by atoms with van der Waals surface area (Å²) in [6, 6.07) is 16.2. The molecule has 168 valence electrons. The van der Waals surface area contributed by atoms with E-state index in [2.05, 4.69) is 46.8 Å². The summed E-state index contributed by atoms with van der Waals surface area (Å²) < 4.78 is 15.1. The minimum Gasteiger partial charge on any atom is -0.399 e. The number of para-hydroxylation sites is 1. The maximum atomic E-state index is 6.53. The van der Waals surface area contributed by atoms with Crippen LogP contribution < -0.4 is 5.46 Å². The second-order valence-corrected chi connectivity index (χ2v) is 9.57. The average Bonchev–Trinajstić information content (AvgIpc) is 3.26. The maximum absolute atomic E-state index is 6.53. The number of aromatic nitrogens is 3. The van der Waals surface area contributed by atoms with E-state index in [0.29, 0.717) is 0 Å². The van der Waals surface area contributed by atoms with E-state index < -0.39 is 18.3 Å². The van der Waals surface area contributed by atoms with Crippen molar-refractivity contribution in [3.63, 3.8) is 0 Å². The Labute approximate surface area is 192 Å². The van der Waals surface area contributed by atoms with Gasteiger partial charge in [-0.2, -0.15) is 5.10 Å². The molecule has 0 atom stereocenters. The van der Waals surface area contributed by atoms with Gasteiger partial charge in [-0.1, -0.05) is 50.5 Å². The maximum Gasteiger partial charge on any atom is 0.499 e. The van der Waals surface area contributed by atoms with Crippen LogP contribution >= 0.6 is 0 Å². The summed E-state index contributed by atoms with van der Waals surface area (Å²) in [5, 5.41) is 5.11. The second-order valence-electron chi connectivity index (χ2n) is 9.57. The van der Waals surface area contributed by atoms with Crippen LogP contribution in [0.4, 0.5) is 0 Å². The quantitative estimate of drug-likeness (QED) is 0.356. The highest BCUT2D eigenvalue weighted by Gasteiger charge is 2.53. The summed E-state index contributed by atoms with van der Waals surface area (Å²) in [6.07, 6.45) is 7.44. The molecule has 4 rings (SSSR count). The molecule has 1 fully saturated rings. The summed E-state index contributed by atoms with van der Waals surface area (Å²) >= 11 is 0. The van der Waals surface area contributed by atoms with Crippen molar-refractivity contribution in [2.75, 3.05) is 0 Å². The Balaban J connectivity index is 1.87. The highest BCUT2D eigenvalue weighted by molar-refractivity contribution is 6.64. The van der Waals surface area contributed by atoms with E-state index in [0.717, 1.165) is 41.1 Å². The van der Waals surface area contributed by atoms with Crippen molar-refractivity contribution in [1.82, 2.24) is 14.8 Å². The van der Waals surface area contributed by atoms with Crippen LogP contribution in [-0.2, 0) is 15.7 Å². The van der Waals surface area contributed by atoms with Gasteiger partial charge in [0.25, 0.3) is 0 Å². The van der Waals surface area contributed by atoms with Crippen LogP contribution in [0.5, 0.6) is 0 Å². The Bertz CT molecular complexity index is 1020. The van der Waals surface area contributed by atoms with Crippen LogP contribution in [0.2, 0.25) is 0 Å². The molecule has 0 spiro atoms. The van der Waals surface area contributed by atoms with Crippen molar-refractivity contribution >= 4 is 12.6 Å². The molecule has 1 aliphatic heterocycles. The third-order valence-electron chi connectivity index (χ3n) is 6.66. The molecule has 0 radical (unpaired) electrons. The van der Waals surface area contributed by atoms with Crippen molar-refractivity contribution in [2.24, 2.45) is 0 Å². The van der Waals surface area contributed by atoms with E-state index in [9.17, 15) is 0 Å². The molecule has 2 aromatic heterocycles. The van der Waals surface area contributed by atoms with Gasteiger partial charge in [0.1, 0.15) is 0 Å². The van der Waals surface area contributed by atoms with Crippen molar-refractivity contribution < 1.29 is 9.31 Å². The van der Waals surface area contributed by atoms with Crippen molar-refractivity contribution in [1.29, 1.82) is 0 Å². The van der Waals surface area contributed by atoms with E-state index in [1.165, 1.54) is 19.3 Å². The van der Waals surface area contributed by atoms with E-state index in [-0.39, 0.29) is 0 Å². The minimum absolute atomic E-state index is 0.423. The molecule has 6 heteroatoms. The Morgan fingerprint density at radius 1 is 0.875 bits per heavy atom. The fraction of sp³-hybridized carbons (Fsp3) is 0.462. The molecule has 0 amide bonds. The van der Waals surface area contributed by atoms with Crippen LogP contribution in [-0.4, -0.2) is 33.1 Å². The predicted molar refractivity (Wildman–Crippen MR) is 130 cm³/mol. The van der Waals surface area contributed by atoms with E-state index in [1.807, 2.05) is 47.3 Å². The smallest absolute Gasteiger partial charge is 0.399 e. The molecule has 1 saturated heterocycles. The molecule has 0 bridgehead atoms. The highest BCUT2D eigenvalue weighted by atomic mass is 16.7. The SMILES string of the molecule is CCCCCCc1nn(-c2ccccc2)c(-c2ccccn2)c1B1OC(C)(C)C(C)(C)O1. The molecular weight excluding hydrogens is 397 g/mol. The number of hydrogen-bond acceptors (Lipinski definition) is 4. The van der Waals surface area contributed by atoms with Gasteiger partial charge in [0.15, 0.2) is 0 Å². The zero-order valence-electron chi connectivity index (χ0n) is 20.0. The Hall–Kier alpha value is -2.44. The third-order valence-corrected chi connectivity index (χ3v) is 6.66. The highest BCUT2D eigenvalue weighted by Crippen LogP contribution is 2.38. The number of hydrogen-bond donors (Lipinski definition) is 0. The first-order valence-corrected chi connectivity index (χ1v) is 11.8. The van der Waals surface area contributed by atoms with E-state index >= 15 is 0 Å². The lowest BCUT2D eigenvalue weighted by atomic mass is 9.75. The molecule has 5 nitrogen and oxygen atoms in total. The van der Waals surface area contributed by atoms with Gasteiger partial charge < -0.3 is 9.31 Å². The van der Waals surface area contributed by atoms with Crippen LogP contribution in [0.3, 0.4) is 0 Å². The van der Waals surface area contributed by atoms with Gasteiger partial charge in [0.2, 0.25) is 0 Å². The predicted octanol–water partition coefficient (Wildman–Crippen LogP) is 5.36. The molecule has 3 aromatic rings. The minimum atomic E-state index is -0.490. The van der Waals surface area contributed by atoms with Crippen LogP contribution in [0.25, 0.3) is 17.1 Å². The third kappa shape index (κ3) is 4.39. The molecule has 3 heterocycles. The number of pyridine rings is 1. The lowest BCUT2D eigenvalue weighted by Crippen LogP contribution is -2.41. The lowest BCUT2D eigenvalue weighted by Gasteiger charge is -2.32. The Kier molecular flexibility index (Phi) is 6.54. The monoisotopic (exact) mass is 431 g/mol. The van der Waals surface area contributed by atoms with Gasteiger partial charge in [0.05, 0.1) is 34.0 Å². The van der Waals surface area contributed by atoms with Gasteiger partial charge in [-0.25, -0.2) is 4.68 Å². The molecule has 0 aliphatic carbocycles. The number of nitrogens with zero attached hydrogens (tertiary/aromatic N) is 3. The second kappa shape index (κ2) is 9.20. The number of aryl methyl sites for hydroxylation is 1. The molecule has 32 heavy (non-hydrogen) atoms. The summed E-state index contributed by atoms with van der Waals surface area (Å²) in [5.74, 6) is 0. The Morgan fingerprint density at radius 3 is 2.19 bits per heavy atom. The Morgan fingerprint density at radius 2 is 1.56 bits per heavy atom. The van der Waals surface area contributed by atoms with Gasteiger partial charge in [0, 0.05) is 11.7 Å². The van der Waals surface area contributed by atoms with Crippen LogP contribution in [0.15, 0.2) is 54.7 Å². The van der Waals surface area contributed by atoms with Gasteiger partial charge in [-0.05, 0) is 64.8 Å². The first kappa shape index (κ1) is 22.7. The lowest BCUT2D eigenvalue weighted by molar-refractivity contribution is 0.00578. The molecule has 0 unspecified atom stereocenters. The number of unbranched alkanes of at least 4 members (excludes halogenated alkanes) is 3. The summed E-state index contributed by atoms with van der Waals surface area (Å²) in [6.45, 7) is 10.6. The van der Waals surface area contributed by atoms with Crippen molar-refractivity contribution in [2.45, 2.75) is 77.9 Å². The zero-order chi connectivity index (χ0) is 22.8. The normalized spacial score (nSPS) is 17.1. The first-order valence-electron chi connectivity index (χ1n) is 11.8. The average molecular weight is 431 g/mol. The molecule has 0 N–H and O–H groups in total. The van der Waals surface area contributed by atoms with Crippen molar-refractivity contribution in [3.05, 3.63) is 60.4 Å². The fourth-order valence-corrected chi connectivity index (χ4v) is 4.09. The molecule has 1 aromatic carbocycles. The van der Waals surface area contributed by atoms with Gasteiger partial charge in [-0.3, -0.25) is 4.98 Å². The molecule has 1 aliphatic rings. The standard InChI is InChI=1S/C26H34BN3O2/c1-6-7-8-12-17-21-23(27-31-25(2,3)26(4,5)32-27)24(22-18-13-14-19-28-22)30(29-21)20-15-10-9-11-16-20/h9-11,13-16,18-19H,6-8,12,17H2,1-5H3. The largest absolute Gasteiger partial charge is 0.499 e. The molecular formula is C26H34BN3O2. The van der Waals surface area contributed by atoms with Crippen LogP contribution in [0, 0.1) is 0 Å². The van der Waals surface area contributed by atoms with Crippen LogP contribution in [0.1, 0.15) is 66.0 Å². The summed E-state index contributed by atoms with van der Waals surface area (Å²) in [5.41, 5.74) is 4.01. The van der Waals surface area contributed by atoms with Gasteiger partial charge in [-0.15, -0.1) is 0 Å². The van der Waals surface area contributed by atoms with E-state index in [4.69, 9.17) is 19.4 Å². The summed E-state index contributed by atoms with van der Waals surface area (Å²) in [4.78, 5) is 4.69. The van der Waals surface area contributed by atoms with Gasteiger partial charge >= 0.3 is 7.12 Å². The zero-order valence-corrected chi connectivity index (χ0v) is 20.0. The van der Waals surface area contributed by atoms with E-state index in [1.54, 1.807) is 0 Å². The first-order chi connectivity index (χ1) is 15.3. The topological polar surface area (TPSA) is 49.2 Å². The summed E-state index contributed by atoms with van der Waals surface area (Å²) in [7, 11) is -0.490.